The van der Waals surface area contributed by atoms with E-state index >= 15 is 0 Å². The average molecular weight is 423 g/mol. The number of anilines is 1. The van der Waals surface area contributed by atoms with Crippen LogP contribution in [0.25, 0.3) is 11.6 Å². The summed E-state index contributed by atoms with van der Waals surface area (Å²) in [5, 5.41) is 9.65. The molecule has 0 saturated heterocycles. The zero-order valence-electron chi connectivity index (χ0n) is 16.8. The molecule has 0 aliphatic carbocycles. The second-order valence-electron chi connectivity index (χ2n) is 8.38. The molecule has 1 heterocycles. The lowest BCUT2D eigenvalue weighted by molar-refractivity contribution is 0.356. The quantitative estimate of drug-likeness (QED) is 0.392. The predicted molar refractivity (Wildman–Crippen MR) is 119 cm³/mol. The maximum Gasteiger partial charge on any atom is 0.0998 e. The van der Waals surface area contributed by atoms with Crippen molar-refractivity contribution in [1.29, 1.82) is 5.26 Å². The van der Waals surface area contributed by atoms with Crippen LogP contribution in [0.1, 0.15) is 63.6 Å². The van der Waals surface area contributed by atoms with Crippen molar-refractivity contribution in [1.82, 2.24) is 0 Å². The maximum atomic E-state index is 9.65. The molecule has 3 rings (SSSR count). The van der Waals surface area contributed by atoms with Crippen LogP contribution >= 0.6 is 15.9 Å². The minimum Gasteiger partial charge on any atom is -0.364 e. The zero-order chi connectivity index (χ0) is 19.8. The lowest BCUT2D eigenvalue weighted by Crippen LogP contribution is -2.51. The van der Waals surface area contributed by atoms with Gasteiger partial charge in [-0.3, -0.25) is 0 Å². The Balaban J connectivity index is 2.04. The number of hydrogen-bond donors (Lipinski definition) is 0. The molecule has 0 N–H and O–H groups in total. The van der Waals surface area contributed by atoms with E-state index in [1.807, 2.05) is 30.3 Å². The molecule has 0 spiro atoms. The summed E-state index contributed by atoms with van der Waals surface area (Å²) in [6.07, 6.45) is 3.12. The molecule has 0 aromatic heterocycles. The Morgan fingerprint density at radius 3 is 2.48 bits per heavy atom. The second-order valence-corrected chi connectivity index (χ2v) is 9.29. The lowest BCUT2D eigenvalue weighted by Gasteiger charge is -2.50. The number of nitrogens with zero attached hydrogens (tertiary/aromatic N) is 2. The number of halogens is 1. The van der Waals surface area contributed by atoms with Crippen LogP contribution in [0.15, 0.2) is 46.9 Å². The Hall–Kier alpha value is -2.05. The minimum atomic E-state index is 0.146. The average Bonchev–Trinajstić information content (AvgIpc) is 2.60. The molecule has 27 heavy (non-hydrogen) atoms. The monoisotopic (exact) mass is 422 g/mol. The second kappa shape index (κ2) is 7.52. The molecule has 0 bridgehead atoms. The van der Waals surface area contributed by atoms with Crippen LogP contribution in [-0.4, -0.2) is 11.6 Å². The van der Waals surface area contributed by atoms with Crippen molar-refractivity contribution in [2.24, 2.45) is 0 Å². The van der Waals surface area contributed by atoms with E-state index in [1.54, 1.807) is 0 Å². The van der Waals surface area contributed by atoms with E-state index in [9.17, 15) is 5.26 Å². The molecule has 0 unspecified atom stereocenters. The normalized spacial score (nSPS) is 19.0. The van der Waals surface area contributed by atoms with E-state index in [2.05, 4.69) is 79.7 Å². The highest BCUT2D eigenvalue weighted by molar-refractivity contribution is 9.10. The Labute approximate surface area is 171 Å². The molecule has 3 heteroatoms. The largest absolute Gasteiger partial charge is 0.364 e. The van der Waals surface area contributed by atoms with Crippen LogP contribution in [0.4, 0.5) is 5.69 Å². The standard InChI is InChI=1S/C24H27BrN2/c1-16(2)27-23-11-6-18(13-22(23)17(3)14-24(27,4)5)12-20(15-26)19-7-9-21(25)10-8-19/h6-13,16-17H,14H2,1-5H3/b20-12-/t17-/m1/s1. The van der Waals surface area contributed by atoms with Crippen molar-refractivity contribution >= 4 is 33.3 Å². The summed E-state index contributed by atoms with van der Waals surface area (Å²) in [5.74, 6) is 0.497. The topological polar surface area (TPSA) is 27.0 Å². The van der Waals surface area contributed by atoms with Crippen molar-refractivity contribution in [3.05, 3.63) is 63.6 Å². The van der Waals surface area contributed by atoms with Crippen molar-refractivity contribution in [3.8, 4) is 6.07 Å². The third-order valence-corrected chi connectivity index (χ3v) is 5.93. The third-order valence-electron chi connectivity index (χ3n) is 5.40. The molecule has 140 valence electrons. The Morgan fingerprint density at radius 2 is 1.89 bits per heavy atom. The first-order valence-electron chi connectivity index (χ1n) is 9.54. The van der Waals surface area contributed by atoms with Gasteiger partial charge in [-0.05, 0) is 87.1 Å². The van der Waals surface area contributed by atoms with Crippen LogP contribution in [0.3, 0.4) is 0 Å². The van der Waals surface area contributed by atoms with E-state index in [4.69, 9.17) is 0 Å². The molecular weight excluding hydrogens is 396 g/mol. The van der Waals surface area contributed by atoms with E-state index in [-0.39, 0.29) is 5.54 Å². The van der Waals surface area contributed by atoms with Gasteiger partial charge in [0.05, 0.1) is 11.6 Å². The van der Waals surface area contributed by atoms with Gasteiger partial charge in [-0.15, -0.1) is 0 Å². The zero-order valence-corrected chi connectivity index (χ0v) is 18.3. The fourth-order valence-corrected chi connectivity index (χ4v) is 4.78. The highest BCUT2D eigenvalue weighted by atomic mass is 79.9. The fourth-order valence-electron chi connectivity index (χ4n) is 4.51. The molecule has 2 aromatic rings. The number of allylic oxidation sites excluding steroid dienone is 1. The van der Waals surface area contributed by atoms with Crippen LogP contribution in [-0.2, 0) is 0 Å². The first kappa shape index (κ1) is 19.7. The molecule has 0 fully saturated rings. The van der Waals surface area contributed by atoms with Crippen LogP contribution in [0.5, 0.6) is 0 Å². The van der Waals surface area contributed by atoms with Gasteiger partial charge in [-0.25, -0.2) is 0 Å². The molecule has 0 radical (unpaired) electrons. The summed E-state index contributed by atoms with van der Waals surface area (Å²) in [6.45, 7) is 11.5. The highest BCUT2D eigenvalue weighted by Gasteiger charge is 2.37. The first-order valence-corrected chi connectivity index (χ1v) is 10.3. The number of benzene rings is 2. The van der Waals surface area contributed by atoms with Gasteiger partial charge >= 0.3 is 0 Å². The molecule has 0 amide bonds. The molecule has 2 nitrogen and oxygen atoms in total. The van der Waals surface area contributed by atoms with Gasteiger partial charge in [0.25, 0.3) is 0 Å². The van der Waals surface area contributed by atoms with Crippen molar-refractivity contribution in [2.45, 2.75) is 58.5 Å². The van der Waals surface area contributed by atoms with Crippen LogP contribution < -0.4 is 4.90 Å². The van der Waals surface area contributed by atoms with Crippen LogP contribution in [0, 0.1) is 11.3 Å². The fraction of sp³-hybridized carbons (Fsp3) is 0.375. The Morgan fingerprint density at radius 1 is 1.22 bits per heavy atom. The SMILES string of the molecule is CC(C)N1c2ccc(/C=C(/C#N)c3ccc(Br)cc3)cc2[C@H](C)CC1(C)C. The maximum absolute atomic E-state index is 9.65. The van der Waals surface area contributed by atoms with Gasteiger partial charge in [0, 0.05) is 21.7 Å². The number of nitriles is 1. The Kier molecular flexibility index (Phi) is 5.49. The number of fused-ring (bicyclic) bond motifs is 1. The Bertz CT molecular complexity index is 901. The van der Waals surface area contributed by atoms with Gasteiger partial charge in [-0.1, -0.05) is 41.1 Å². The summed E-state index contributed by atoms with van der Waals surface area (Å²) in [7, 11) is 0. The smallest absolute Gasteiger partial charge is 0.0998 e. The minimum absolute atomic E-state index is 0.146. The molecule has 1 atom stereocenters. The van der Waals surface area contributed by atoms with Gasteiger partial charge in [0.1, 0.15) is 0 Å². The molecule has 0 saturated carbocycles. The van der Waals surface area contributed by atoms with Crippen molar-refractivity contribution < 1.29 is 0 Å². The van der Waals surface area contributed by atoms with Gasteiger partial charge < -0.3 is 4.90 Å². The van der Waals surface area contributed by atoms with E-state index < -0.39 is 0 Å². The lowest BCUT2D eigenvalue weighted by atomic mass is 9.78. The number of hydrogen-bond acceptors (Lipinski definition) is 2. The first-order chi connectivity index (χ1) is 12.7. The number of rotatable bonds is 3. The third kappa shape index (κ3) is 3.96. The summed E-state index contributed by atoms with van der Waals surface area (Å²) in [6, 6.07) is 17.3. The predicted octanol–water partition coefficient (Wildman–Crippen LogP) is 7.01. The van der Waals surface area contributed by atoms with Gasteiger partial charge in [-0.2, -0.15) is 5.26 Å². The van der Waals surface area contributed by atoms with Crippen molar-refractivity contribution in [3.63, 3.8) is 0 Å². The van der Waals surface area contributed by atoms with Gasteiger partial charge in [0.2, 0.25) is 0 Å². The van der Waals surface area contributed by atoms with E-state index in [0.29, 0.717) is 17.5 Å². The van der Waals surface area contributed by atoms with Crippen LogP contribution in [0.2, 0.25) is 0 Å². The van der Waals surface area contributed by atoms with E-state index in [1.165, 1.54) is 11.3 Å². The van der Waals surface area contributed by atoms with E-state index in [0.717, 1.165) is 22.0 Å². The van der Waals surface area contributed by atoms with Crippen molar-refractivity contribution in [2.75, 3.05) is 4.90 Å². The highest BCUT2D eigenvalue weighted by Crippen LogP contribution is 2.44. The molecule has 2 aromatic carbocycles. The summed E-state index contributed by atoms with van der Waals surface area (Å²) in [4.78, 5) is 2.54. The van der Waals surface area contributed by atoms with Gasteiger partial charge in [0.15, 0.2) is 0 Å². The molecule has 1 aliphatic heterocycles. The summed E-state index contributed by atoms with van der Waals surface area (Å²) in [5.41, 5.74) is 5.57. The summed E-state index contributed by atoms with van der Waals surface area (Å²) < 4.78 is 1.02. The molecule has 1 aliphatic rings. The molecular formula is C24H27BrN2. The summed E-state index contributed by atoms with van der Waals surface area (Å²) >= 11 is 3.45.